The van der Waals surface area contributed by atoms with Crippen LogP contribution in [0.5, 0.6) is 6.01 Å². The first-order chi connectivity index (χ1) is 16.8. The van der Waals surface area contributed by atoms with Crippen LogP contribution in [0.25, 0.3) is 11.2 Å². The second-order valence-corrected chi connectivity index (χ2v) is 10.5. The van der Waals surface area contributed by atoms with Crippen molar-refractivity contribution in [2.75, 3.05) is 24.2 Å². The number of nitrogens with one attached hydrogen (secondary N) is 1. The summed E-state index contributed by atoms with van der Waals surface area (Å²) in [6.07, 6.45) is -5.11. The van der Waals surface area contributed by atoms with Crippen LogP contribution in [0, 0.1) is 0 Å². The number of aromatic nitrogens is 5. The van der Waals surface area contributed by atoms with Crippen molar-refractivity contribution in [3.63, 3.8) is 0 Å². The molecule has 4 rings (SSSR count). The van der Waals surface area contributed by atoms with Crippen LogP contribution in [0.4, 0.5) is 19.0 Å². The molecule has 0 unspecified atom stereocenters. The van der Waals surface area contributed by atoms with Crippen LogP contribution < -0.4 is 15.0 Å². The topological polar surface area (TPSA) is 132 Å². The number of fused-ring (bicyclic) bond motifs is 1. The van der Waals surface area contributed by atoms with E-state index in [1.807, 2.05) is 0 Å². The maximum Gasteiger partial charge on any atom is 0.425 e. The minimum absolute atomic E-state index is 0.0100. The molecule has 3 aromatic rings. The molecule has 1 N–H and O–H groups in total. The second-order valence-electron chi connectivity index (χ2n) is 8.55. The van der Waals surface area contributed by atoms with Crippen LogP contribution in [-0.4, -0.2) is 77.0 Å². The first kappa shape index (κ1) is 25.6. The summed E-state index contributed by atoms with van der Waals surface area (Å²) < 4.78 is 68.6. The maximum atomic E-state index is 13.1. The summed E-state index contributed by atoms with van der Waals surface area (Å²) in [6.45, 7) is 3.02. The van der Waals surface area contributed by atoms with Crippen molar-refractivity contribution in [1.82, 2.24) is 30.3 Å². The number of benzene rings is 1. The van der Waals surface area contributed by atoms with E-state index in [-0.39, 0.29) is 40.4 Å². The Labute approximate surface area is 204 Å². The molecule has 1 fully saturated rings. The van der Waals surface area contributed by atoms with Crippen molar-refractivity contribution in [3.8, 4) is 6.01 Å². The molecule has 194 valence electrons. The fourth-order valence-corrected chi connectivity index (χ4v) is 4.83. The molecule has 2 aromatic heterocycles. The zero-order chi connectivity index (χ0) is 26.3. The molecule has 0 aliphatic carbocycles. The van der Waals surface area contributed by atoms with E-state index >= 15 is 0 Å². The van der Waals surface area contributed by atoms with Crippen LogP contribution in [0.3, 0.4) is 0 Å². The Kier molecular flexibility index (Phi) is 6.77. The van der Waals surface area contributed by atoms with Crippen molar-refractivity contribution in [2.24, 2.45) is 0 Å². The number of halogens is 3. The normalized spacial score (nSPS) is 17.4. The van der Waals surface area contributed by atoms with Gasteiger partial charge >= 0.3 is 12.2 Å². The smallest absolute Gasteiger partial charge is 0.425 e. The van der Waals surface area contributed by atoms with E-state index in [9.17, 15) is 26.4 Å². The fraction of sp³-hybridized carbons (Fsp3) is 0.476. The molecular formula is C21H24F3N7O4S. The summed E-state index contributed by atoms with van der Waals surface area (Å²) >= 11 is 0. The molecule has 1 aliphatic heterocycles. The third-order valence-corrected chi connectivity index (χ3v) is 6.77. The number of alkyl halides is 3. The van der Waals surface area contributed by atoms with Crippen LogP contribution in [-0.2, 0) is 21.2 Å². The van der Waals surface area contributed by atoms with Gasteiger partial charge in [0.15, 0.2) is 27.3 Å². The summed E-state index contributed by atoms with van der Waals surface area (Å²) in [5, 5.41) is 11.5. The van der Waals surface area contributed by atoms with Crippen molar-refractivity contribution in [1.29, 1.82) is 0 Å². The van der Waals surface area contributed by atoms with Gasteiger partial charge in [-0.25, -0.2) is 8.42 Å². The fourth-order valence-electron chi connectivity index (χ4n) is 3.89. The number of ether oxygens (including phenoxy) is 1. The lowest BCUT2D eigenvalue weighted by Crippen LogP contribution is -2.36. The monoisotopic (exact) mass is 527 g/mol. The van der Waals surface area contributed by atoms with Gasteiger partial charge in [-0.3, -0.25) is 4.79 Å². The summed E-state index contributed by atoms with van der Waals surface area (Å²) in [5.41, 5.74) is 0.635. The highest BCUT2D eigenvalue weighted by Gasteiger charge is 2.39. The minimum Gasteiger partial charge on any atom is -0.451 e. The molecule has 3 heterocycles. The molecule has 0 radical (unpaired) electrons. The highest BCUT2D eigenvalue weighted by atomic mass is 32.2. The molecule has 11 nitrogen and oxygen atoms in total. The van der Waals surface area contributed by atoms with Crippen molar-refractivity contribution in [3.05, 3.63) is 29.8 Å². The largest absolute Gasteiger partial charge is 0.451 e. The van der Waals surface area contributed by atoms with Crippen LogP contribution in [0.2, 0.25) is 0 Å². The summed E-state index contributed by atoms with van der Waals surface area (Å²) in [6, 6.07) is 5.66. The standard InChI is InChI=1S/C21H24F3N7O4S/c1-12(21(22,23)24)35-20-26-18-17(19(27-20)30-9-8-15(11-30)25-13(2)32)28-31(29-18)10-14-6-4-5-7-16(14)36(3,33)34/h4-7,12,15H,8-11H2,1-3H3,(H,25,32)/t12-,15-/m0/s1. The van der Waals surface area contributed by atoms with Gasteiger partial charge in [-0.05, 0) is 25.0 Å². The lowest BCUT2D eigenvalue weighted by molar-refractivity contribution is -0.190. The Bertz CT molecular complexity index is 1390. The number of rotatable bonds is 7. The predicted octanol–water partition coefficient (Wildman–Crippen LogP) is 1.72. The predicted molar refractivity (Wildman–Crippen MR) is 122 cm³/mol. The molecule has 1 amide bonds. The maximum absolute atomic E-state index is 13.1. The Balaban J connectivity index is 1.74. The molecule has 0 bridgehead atoms. The first-order valence-corrected chi connectivity index (χ1v) is 12.9. The van der Waals surface area contributed by atoms with E-state index in [1.165, 1.54) is 17.8 Å². The number of amides is 1. The van der Waals surface area contributed by atoms with Gasteiger partial charge in [-0.2, -0.15) is 27.9 Å². The Morgan fingerprint density at radius 2 is 1.97 bits per heavy atom. The number of nitrogens with zero attached hydrogens (tertiary/aromatic N) is 6. The molecule has 15 heteroatoms. The Hall–Kier alpha value is -3.49. The molecule has 2 atom stereocenters. The zero-order valence-electron chi connectivity index (χ0n) is 19.7. The third kappa shape index (κ3) is 5.66. The molecule has 1 aliphatic rings. The van der Waals surface area contributed by atoms with E-state index in [1.54, 1.807) is 23.1 Å². The van der Waals surface area contributed by atoms with Crippen molar-refractivity contribution < 1.29 is 31.1 Å². The van der Waals surface area contributed by atoms with Gasteiger partial charge in [-0.15, -0.1) is 10.2 Å². The molecule has 1 saturated heterocycles. The van der Waals surface area contributed by atoms with Crippen LogP contribution in [0.15, 0.2) is 29.2 Å². The summed E-state index contributed by atoms with van der Waals surface area (Å²) in [5.74, 6) is 0.00747. The van der Waals surface area contributed by atoms with E-state index in [4.69, 9.17) is 4.74 Å². The highest BCUT2D eigenvalue weighted by Crippen LogP contribution is 2.29. The lowest BCUT2D eigenvalue weighted by atomic mass is 10.2. The minimum atomic E-state index is -4.63. The average molecular weight is 528 g/mol. The van der Waals surface area contributed by atoms with Gasteiger partial charge in [0.25, 0.3) is 0 Å². The summed E-state index contributed by atoms with van der Waals surface area (Å²) in [7, 11) is -3.52. The zero-order valence-corrected chi connectivity index (χ0v) is 20.5. The first-order valence-electron chi connectivity index (χ1n) is 11.0. The van der Waals surface area contributed by atoms with Gasteiger partial charge < -0.3 is 15.0 Å². The summed E-state index contributed by atoms with van der Waals surface area (Å²) in [4.78, 5) is 22.8. The number of hydrogen-bond acceptors (Lipinski definition) is 9. The van der Waals surface area contributed by atoms with Crippen molar-refractivity contribution in [2.45, 2.75) is 50.0 Å². The quantitative estimate of drug-likeness (QED) is 0.488. The van der Waals surface area contributed by atoms with Gasteiger partial charge in [0.2, 0.25) is 11.6 Å². The molecular weight excluding hydrogens is 503 g/mol. The molecule has 1 aromatic carbocycles. The number of hydrogen-bond donors (Lipinski definition) is 1. The van der Waals surface area contributed by atoms with Crippen molar-refractivity contribution >= 4 is 32.7 Å². The third-order valence-electron chi connectivity index (χ3n) is 5.57. The van der Waals surface area contributed by atoms with E-state index in [0.717, 1.165) is 13.2 Å². The molecule has 36 heavy (non-hydrogen) atoms. The van der Waals surface area contributed by atoms with E-state index in [2.05, 4.69) is 25.5 Å². The van der Waals surface area contributed by atoms with Gasteiger partial charge in [0.05, 0.1) is 11.4 Å². The van der Waals surface area contributed by atoms with Gasteiger partial charge in [0.1, 0.15) is 0 Å². The molecule has 0 saturated carbocycles. The van der Waals surface area contributed by atoms with Crippen LogP contribution >= 0.6 is 0 Å². The SMILES string of the molecule is CC(=O)N[C@H]1CCN(c2nc(O[C@@H](C)C(F)(F)F)nc3nn(Cc4ccccc4S(C)(=O)=O)nc23)C1. The average Bonchev–Trinajstić information content (AvgIpc) is 3.38. The number of carbonyl (C=O) groups is 1. The highest BCUT2D eigenvalue weighted by molar-refractivity contribution is 7.90. The Morgan fingerprint density at radius 1 is 1.25 bits per heavy atom. The van der Waals surface area contributed by atoms with Crippen LogP contribution in [0.1, 0.15) is 25.8 Å². The lowest BCUT2D eigenvalue weighted by Gasteiger charge is -2.20. The number of carbonyl (C=O) groups excluding carboxylic acids is 1. The Morgan fingerprint density at radius 3 is 2.64 bits per heavy atom. The molecule has 0 spiro atoms. The van der Waals surface area contributed by atoms with E-state index < -0.39 is 28.1 Å². The number of sulfone groups is 1. The van der Waals surface area contributed by atoms with Gasteiger partial charge in [0, 0.05) is 32.3 Å². The van der Waals surface area contributed by atoms with E-state index in [0.29, 0.717) is 25.1 Å². The second kappa shape index (κ2) is 9.52. The number of anilines is 1. The van der Waals surface area contributed by atoms with Gasteiger partial charge in [-0.1, -0.05) is 18.2 Å².